The average Bonchev–Trinajstić information content (AvgIpc) is 2.70. The van der Waals surface area contributed by atoms with Crippen LogP contribution in [0.1, 0.15) is 30.4 Å². The summed E-state index contributed by atoms with van der Waals surface area (Å²) in [5.74, 6) is 3.19. The minimum absolute atomic E-state index is 0.139. The minimum Gasteiger partial charge on any atom is -0.492 e. The molecular weight excluding hydrogens is 382 g/mol. The summed E-state index contributed by atoms with van der Waals surface area (Å²) in [6.45, 7) is 1.60. The number of fused-ring (bicyclic) bond motifs is 1. The van der Waals surface area contributed by atoms with Crippen LogP contribution < -0.4 is 26.8 Å². The van der Waals surface area contributed by atoms with E-state index in [1.54, 1.807) is 7.05 Å². The number of carbonyl (C=O) groups is 1. The predicted octanol–water partition coefficient (Wildman–Crippen LogP) is 1.61. The second-order valence-electron chi connectivity index (χ2n) is 6.23. The van der Waals surface area contributed by atoms with Crippen LogP contribution in [0.25, 0.3) is 0 Å². The van der Waals surface area contributed by atoms with E-state index < -0.39 is 6.04 Å². The molecule has 27 heavy (non-hydrogen) atoms. The molecule has 1 aliphatic heterocycles. The first kappa shape index (κ1) is 21.7. The molecule has 0 saturated heterocycles. The number of nitrogens with zero attached hydrogens (tertiary/aromatic N) is 1. The highest BCUT2D eigenvalue weighted by Gasteiger charge is 2.13. The van der Waals surface area contributed by atoms with Gasteiger partial charge in [-0.05, 0) is 42.5 Å². The van der Waals surface area contributed by atoms with E-state index in [1.165, 1.54) is 11.1 Å². The highest BCUT2D eigenvalue weighted by Crippen LogP contribution is 2.38. The Morgan fingerprint density at radius 2 is 2.00 bits per heavy atom. The molecule has 1 aromatic carbocycles. The first-order valence-electron chi connectivity index (χ1n) is 9.08. The van der Waals surface area contributed by atoms with Crippen LogP contribution in [-0.4, -0.2) is 44.7 Å². The van der Waals surface area contributed by atoms with Crippen molar-refractivity contribution in [2.75, 3.05) is 26.7 Å². The van der Waals surface area contributed by atoms with E-state index in [9.17, 15) is 4.79 Å². The smallest absolute Gasteiger partial charge is 0.237 e. The second-order valence-corrected chi connectivity index (χ2v) is 8.70. The van der Waals surface area contributed by atoms with Crippen LogP contribution in [0.5, 0.6) is 5.75 Å². The van der Waals surface area contributed by atoms with Crippen LogP contribution in [0.3, 0.4) is 0 Å². The molecule has 0 fully saturated rings. The zero-order chi connectivity index (χ0) is 19.5. The summed E-state index contributed by atoms with van der Waals surface area (Å²) in [5.41, 5.74) is 14.2. The Hall–Kier alpha value is -1.58. The summed E-state index contributed by atoms with van der Waals surface area (Å²) in [6.07, 6.45) is 2.37. The fourth-order valence-corrected chi connectivity index (χ4v) is 4.80. The van der Waals surface area contributed by atoms with E-state index in [2.05, 4.69) is 27.8 Å². The van der Waals surface area contributed by atoms with E-state index in [4.69, 9.17) is 16.2 Å². The lowest BCUT2D eigenvalue weighted by Gasteiger charge is -2.16. The third-order valence-electron chi connectivity index (χ3n) is 4.19. The first-order chi connectivity index (χ1) is 13.1. The summed E-state index contributed by atoms with van der Waals surface area (Å²) < 4.78 is 5.75. The zero-order valence-corrected chi connectivity index (χ0v) is 17.3. The van der Waals surface area contributed by atoms with Gasteiger partial charge < -0.3 is 26.8 Å². The monoisotopic (exact) mass is 411 g/mol. The Kier molecular flexibility index (Phi) is 9.65. The van der Waals surface area contributed by atoms with Gasteiger partial charge in [-0.1, -0.05) is 27.7 Å². The third kappa shape index (κ3) is 7.90. The van der Waals surface area contributed by atoms with Crippen LogP contribution in [0, 0.1) is 0 Å². The Morgan fingerprint density at radius 1 is 1.22 bits per heavy atom. The summed E-state index contributed by atoms with van der Waals surface area (Å²) in [7, 11) is 5.39. The first-order valence-corrected chi connectivity index (χ1v) is 11.6. The fraction of sp³-hybridized carbons (Fsp3) is 0.556. The van der Waals surface area contributed by atoms with Gasteiger partial charge >= 0.3 is 0 Å². The minimum atomic E-state index is -0.500. The van der Waals surface area contributed by atoms with E-state index in [1.807, 2.05) is 27.7 Å². The quantitative estimate of drug-likeness (QED) is 0.200. The number of aliphatic imine (C=N–C) groups is 1. The number of hydrogen-bond acceptors (Lipinski definition) is 6. The van der Waals surface area contributed by atoms with Crippen molar-refractivity contribution in [2.24, 2.45) is 16.5 Å². The molecule has 0 spiro atoms. The van der Waals surface area contributed by atoms with Crippen molar-refractivity contribution in [3.05, 3.63) is 29.3 Å². The summed E-state index contributed by atoms with van der Waals surface area (Å²) in [5, 5.41) is 5.81. The Morgan fingerprint density at radius 3 is 2.78 bits per heavy atom. The number of hydrogen-bond donors (Lipinski definition) is 4. The molecule has 1 aromatic rings. The molecule has 0 unspecified atom stereocenters. The SMILES string of the molecule is C/N=C(\N)NCCCC[C@@H](N)C(=O)NCCOc1ccc2c(c1)CSSC2. The maximum Gasteiger partial charge on any atom is 0.237 e. The topological polar surface area (TPSA) is 115 Å². The molecule has 1 atom stereocenters. The largest absolute Gasteiger partial charge is 0.492 e. The highest BCUT2D eigenvalue weighted by molar-refractivity contribution is 8.76. The van der Waals surface area contributed by atoms with Gasteiger partial charge in [-0.25, -0.2) is 0 Å². The number of amides is 1. The Labute approximate surface area is 168 Å². The van der Waals surface area contributed by atoms with Crippen LogP contribution in [0.15, 0.2) is 23.2 Å². The lowest BCUT2D eigenvalue weighted by molar-refractivity contribution is -0.122. The van der Waals surface area contributed by atoms with Crippen LogP contribution in [-0.2, 0) is 16.3 Å². The van der Waals surface area contributed by atoms with Crippen molar-refractivity contribution in [3.8, 4) is 5.75 Å². The predicted molar refractivity (Wildman–Crippen MR) is 115 cm³/mol. The van der Waals surface area contributed by atoms with Crippen molar-refractivity contribution in [1.29, 1.82) is 0 Å². The second kappa shape index (κ2) is 12.0. The van der Waals surface area contributed by atoms with Gasteiger partial charge in [0.1, 0.15) is 12.4 Å². The van der Waals surface area contributed by atoms with Gasteiger partial charge in [0.05, 0.1) is 12.6 Å². The summed E-state index contributed by atoms with van der Waals surface area (Å²) in [4.78, 5) is 15.8. The number of ether oxygens (including phenoxy) is 1. The van der Waals surface area contributed by atoms with Gasteiger partial charge in [0.15, 0.2) is 5.96 Å². The fourth-order valence-electron chi connectivity index (χ4n) is 2.57. The maximum absolute atomic E-state index is 12.0. The molecule has 7 nitrogen and oxygen atoms in total. The van der Waals surface area contributed by atoms with E-state index in [0.29, 0.717) is 25.5 Å². The molecule has 150 valence electrons. The maximum atomic E-state index is 12.0. The number of guanidine groups is 1. The number of nitrogens with two attached hydrogens (primary N) is 2. The van der Waals surface area contributed by atoms with E-state index in [0.717, 1.165) is 36.6 Å². The van der Waals surface area contributed by atoms with Gasteiger partial charge in [-0.3, -0.25) is 9.79 Å². The zero-order valence-electron chi connectivity index (χ0n) is 15.7. The van der Waals surface area contributed by atoms with Crippen LogP contribution in [0.2, 0.25) is 0 Å². The van der Waals surface area contributed by atoms with Gasteiger partial charge in [0.2, 0.25) is 5.91 Å². The molecule has 1 aliphatic rings. The van der Waals surface area contributed by atoms with Gasteiger partial charge in [0, 0.05) is 25.1 Å². The van der Waals surface area contributed by atoms with E-state index >= 15 is 0 Å². The lowest BCUT2D eigenvalue weighted by atomic mass is 10.1. The number of nitrogens with one attached hydrogen (secondary N) is 2. The molecule has 0 aliphatic carbocycles. The van der Waals surface area contributed by atoms with Crippen molar-refractivity contribution in [3.63, 3.8) is 0 Å². The van der Waals surface area contributed by atoms with Crippen molar-refractivity contribution in [1.82, 2.24) is 10.6 Å². The van der Waals surface area contributed by atoms with Crippen molar-refractivity contribution >= 4 is 33.5 Å². The third-order valence-corrected chi connectivity index (χ3v) is 6.42. The number of carbonyl (C=O) groups excluding carboxylic acids is 1. The molecule has 0 saturated carbocycles. The van der Waals surface area contributed by atoms with Crippen LogP contribution in [0.4, 0.5) is 0 Å². The van der Waals surface area contributed by atoms with Gasteiger partial charge in [-0.15, -0.1) is 0 Å². The number of unbranched alkanes of at least 4 members (excludes halogenated alkanes) is 1. The summed E-state index contributed by atoms with van der Waals surface area (Å²) >= 11 is 0. The molecule has 1 heterocycles. The normalized spacial score (nSPS) is 15.0. The molecule has 0 aromatic heterocycles. The molecule has 9 heteroatoms. The lowest BCUT2D eigenvalue weighted by Crippen LogP contribution is -2.42. The molecule has 2 rings (SSSR count). The standard InChI is InChI=1S/C18H29N5O2S2/c1-21-18(20)23-7-3-2-4-16(19)17(24)22-8-9-25-15-6-5-13-11-26-27-12-14(13)10-15/h5-6,10,16H,2-4,7-9,11-12,19H2,1H3,(H,22,24)(H3,20,21,23)/t16-/m1/s1. The van der Waals surface area contributed by atoms with Crippen molar-refractivity contribution in [2.45, 2.75) is 36.8 Å². The Balaban J connectivity index is 1.57. The van der Waals surface area contributed by atoms with Crippen molar-refractivity contribution < 1.29 is 9.53 Å². The van der Waals surface area contributed by atoms with E-state index in [-0.39, 0.29) is 5.91 Å². The molecular formula is C18H29N5O2S2. The Bertz CT molecular complexity index is 642. The molecule has 0 radical (unpaired) electrons. The molecule has 6 N–H and O–H groups in total. The molecule has 0 bridgehead atoms. The number of rotatable bonds is 10. The summed E-state index contributed by atoms with van der Waals surface area (Å²) in [6, 6.07) is 5.72. The van der Waals surface area contributed by atoms with Crippen LogP contribution >= 0.6 is 21.6 Å². The number of benzene rings is 1. The van der Waals surface area contributed by atoms with Gasteiger partial charge in [0.25, 0.3) is 0 Å². The highest BCUT2D eigenvalue weighted by atomic mass is 33.1. The van der Waals surface area contributed by atoms with Gasteiger partial charge in [-0.2, -0.15) is 0 Å². The average molecular weight is 412 g/mol. The molecule has 1 amide bonds.